The van der Waals surface area contributed by atoms with Gasteiger partial charge in [-0.25, -0.2) is 5.84 Å². The van der Waals surface area contributed by atoms with Crippen molar-refractivity contribution in [2.24, 2.45) is 11.3 Å². The van der Waals surface area contributed by atoms with Crippen LogP contribution >= 0.6 is 0 Å². The molecule has 4 heteroatoms. The molecule has 20 heavy (non-hydrogen) atoms. The lowest BCUT2D eigenvalue weighted by Gasteiger charge is -2.26. The minimum absolute atomic E-state index is 0.164. The number of carbonyl (C=O) groups is 1. The summed E-state index contributed by atoms with van der Waals surface area (Å²) in [4.78, 5) is 13.8. The van der Waals surface area contributed by atoms with E-state index >= 15 is 0 Å². The largest absolute Gasteiger partial charge is 0.302 e. The zero-order valence-electron chi connectivity index (χ0n) is 13.2. The van der Waals surface area contributed by atoms with Gasteiger partial charge in [-0.05, 0) is 30.5 Å². The summed E-state index contributed by atoms with van der Waals surface area (Å²) in [5, 5.41) is 0. The molecule has 1 amide bonds. The minimum atomic E-state index is -0.221. The fourth-order valence-electron chi connectivity index (χ4n) is 2.37. The average molecular weight is 277 g/mol. The second kappa shape index (κ2) is 6.86. The number of hydrazine groups is 1. The smallest absolute Gasteiger partial charge is 0.241 e. The quantitative estimate of drug-likeness (QED) is 0.493. The van der Waals surface area contributed by atoms with Gasteiger partial charge in [0.05, 0.1) is 5.92 Å². The summed E-state index contributed by atoms with van der Waals surface area (Å²) >= 11 is 0. The monoisotopic (exact) mass is 277 g/mol. The third-order valence-corrected chi connectivity index (χ3v) is 3.21. The van der Waals surface area contributed by atoms with Crippen LogP contribution in [0.15, 0.2) is 24.3 Å². The predicted octanol–water partition coefficient (Wildman–Crippen LogP) is 2.26. The van der Waals surface area contributed by atoms with Gasteiger partial charge in [0.25, 0.3) is 0 Å². The average Bonchev–Trinajstić information content (AvgIpc) is 2.35. The highest BCUT2D eigenvalue weighted by Crippen LogP contribution is 2.18. The molecule has 1 unspecified atom stereocenters. The Hall–Kier alpha value is -1.39. The molecule has 0 spiro atoms. The molecule has 1 aromatic rings. The van der Waals surface area contributed by atoms with Gasteiger partial charge < -0.3 is 4.90 Å². The van der Waals surface area contributed by atoms with Crippen molar-refractivity contribution in [3.8, 4) is 0 Å². The third kappa shape index (κ3) is 5.31. The Bertz CT molecular complexity index is 434. The van der Waals surface area contributed by atoms with Crippen molar-refractivity contribution in [3.05, 3.63) is 35.4 Å². The van der Waals surface area contributed by atoms with Crippen LogP contribution in [0, 0.1) is 5.41 Å². The van der Waals surface area contributed by atoms with Gasteiger partial charge in [0.15, 0.2) is 0 Å². The van der Waals surface area contributed by atoms with Crippen LogP contribution in [-0.2, 0) is 11.3 Å². The Kier molecular flexibility index (Phi) is 5.72. The Morgan fingerprint density at radius 1 is 1.30 bits per heavy atom. The van der Waals surface area contributed by atoms with Crippen LogP contribution in [0.1, 0.15) is 44.7 Å². The van der Waals surface area contributed by atoms with E-state index in [0.29, 0.717) is 5.41 Å². The first-order chi connectivity index (χ1) is 9.23. The van der Waals surface area contributed by atoms with Crippen molar-refractivity contribution in [2.45, 2.75) is 40.2 Å². The molecule has 112 valence electrons. The van der Waals surface area contributed by atoms with Crippen LogP contribution in [-0.4, -0.2) is 24.4 Å². The summed E-state index contributed by atoms with van der Waals surface area (Å²) in [5.74, 6) is 4.77. The fraction of sp³-hybridized carbons (Fsp3) is 0.562. The van der Waals surface area contributed by atoms with E-state index < -0.39 is 0 Å². The highest BCUT2D eigenvalue weighted by atomic mass is 16.2. The second-order valence-electron chi connectivity index (χ2n) is 6.70. The normalized spacial score (nSPS) is 13.3. The predicted molar refractivity (Wildman–Crippen MR) is 83.0 cm³/mol. The number of nitrogens with one attached hydrogen (secondary N) is 1. The number of rotatable bonds is 5. The molecule has 3 N–H and O–H groups in total. The van der Waals surface area contributed by atoms with Crippen molar-refractivity contribution in [1.82, 2.24) is 10.3 Å². The lowest BCUT2D eigenvalue weighted by Crippen LogP contribution is -2.33. The molecule has 0 aliphatic rings. The summed E-state index contributed by atoms with van der Waals surface area (Å²) in [5.41, 5.74) is 4.72. The van der Waals surface area contributed by atoms with Gasteiger partial charge in [-0.2, -0.15) is 0 Å². The molecule has 1 atom stereocenters. The van der Waals surface area contributed by atoms with Gasteiger partial charge in [0, 0.05) is 13.1 Å². The molecule has 1 rings (SSSR count). The number of hydrogen-bond acceptors (Lipinski definition) is 3. The summed E-state index contributed by atoms with van der Waals surface area (Å²) in [6.45, 7) is 10.5. The molecule has 0 aromatic heterocycles. The van der Waals surface area contributed by atoms with Gasteiger partial charge in [-0.1, -0.05) is 45.0 Å². The molecule has 0 aliphatic carbocycles. The molecule has 1 aromatic carbocycles. The third-order valence-electron chi connectivity index (χ3n) is 3.21. The Morgan fingerprint density at radius 3 is 2.30 bits per heavy atom. The summed E-state index contributed by atoms with van der Waals surface area (Å²) < 4.78 is 0. The van der Waals surface area contributed by atoms with Crippen LogP contribution in [0.2, 0.25) is 0 Å². The maximum atomic E-state index is 11.5. The van der Waals surface area contributed by atoms with Gasteiger partial charge in [-0.3, -0.25) is 10.2 Å². The maximum Gasteiger partial charge on any atom is 0.241 e. The molecular weight excluding hydrogens is 250 g/mol. The van der Waals surface area contributed by atoms with Crippen LogP contribution < -0.4 is 11.3 Å². The lowest BCUT2D eigenvalue weighted by atomic mass is 9.96. The molecule has 0 saturated heterocycles. The topological polar surface area (TPSA) is 58.4 Å². The molecular formula is C16H27N3O. The first-order valence-electron chi connectivity index (χ1n) is 7.01. The summed E-state index contributed by atoms with van der Waals surface area (Å²) in [7, 11) is 2.13. The van der Waals surface area contributed by atoms with E-state index in [2.05, 4.69) is 50.3 Å². The van der Waals surface area contributed by atoms with Gasteiger partial charge in [0.2, 0.25) is 5.91 Å². The SMILES string of the molecule is CC(C(=O)NN)c1ccc(CN(C)CC(C)(C)C)cc1. The van der Waals surface area contributed by atoms with Gasteiger partial charge >= 0.3 is 0 Å². The Balaban J connectivity index is 2.65. The highest BCUT2D eigenvalue weighted by Gasteiger charge is 2.15. The van der Waals surface area contributed by atoms with Crippen LogP contribution in [0.5, 0.6) is 0 Å². The van der Waals surface area contributed by atoms with E-state index in [1.807, 2.05) is 19.1 Å². The van der Waals surface area contributed by atoms with Crippen LogP contribution in [0.3, 0.4) is 0 Å². The Morgan fingerprint density at radius 2 is 1.85 bits per heavy atom. The number of nitrogens with zero attached hydrogens (tertiary/aromatic N) is 1. The molecule has 4 nitrogen and oxygen atoms in total. The second-order valence-corrected chi connectivity index (χ2v) is 6.70. The van der Waals surface area contributed by atoms with E-state index in [9.17, 15) is 4.79 Å². The molecule has 0 fully saturated rings. The van der Waals surface area contributed by atoms with Crippen molar-refractivity contribution in [3.63, 3.8) is 0 Å². The number of hydrogen-bond donors (Lipinski definition) is 2. The van der Waals surface area contributed by atoms with E-state index in [0.717, 1.165) is 18.7 Å². The maximum absolute atomic E-state index is 11.5. The zero-order valence-corrected chi connectivity index (χ0v) is 13.2. The van der Waals surface area contributed by atoms with Crippen molar-refractivity contribution < 1.29 is 4.79 Å². The van der Waals surface area contributed by atoms with E-state index in [-0.39, 0.29) is 11.8 Å². The molecule has 0 bridgehead atoms. The number of nitrogens with two attached hydrogens (primary N) is 1. The zero-order chi connectivity index (χ0) is 15.3. The molecule has 0 saturated carbocycles. The van der Waals surface area contributed by atoms with Gasteiger partial charge in [0.1, 0.15) is 0 Å². The van der Waals surface area contributed by atoms with Crippen molar-refractivity contribution in [1.29, 1.82) is 0 Å². The standard InChI is InChI=1S/C16H27N3O/c1-12(15(20)18-17)14-8-6-13(7-9-14)10-19(5)11-16(2,3)4/h6-9,12H,10-11,17H2,1-5H3,(H,18,20). The van der Waals surface area contributed by atoms with E-state index in [4.69, 9.17) is 5.84 Å². The number of carbonyl (C=O) groups excluding carboxylic acids is 1. The molecule has 0 aliphatic heterocycles. The molecule has 0 heterocycles. The first kappa shape index (κ1) is 16.7. The fourth-order valence-corrected chi connectivity index (χ4v) is 2.37. The first-order valence-corrected chi connectivity index (χ1v) is 7.01. The van der Waals surface area contributed by atoms with Crippen molar-refractivity contribution >= 4 is 5.91 Å². The van der Waals surface area contributed by atoms with Crippen LogP contribution in [0.4, 0.5) is 0 Å². The van der Waals surface area contributed by atoms with Crippen LogP contribution in [0.25, 0.3) is 0 Å². The summed E-state index contributed by atoms with van der Waals surface area (Å²) in [6, 6.07) is 8.16. The van der Waals surface area contributed by atoms with E-state index in [1.54, 1.807) is 0 Å². The lowest BCUT2D eigenvalue weighted by molar-refractivity contribution is -0.122. The van der Waals surface area contributed by atoms with Gasteiger partial charge in [-0.15, -0.1) is 0 Å². The Labute approximate surface area is 122 Å². The highest BCUT2D eigenvalue weighted by molar-refractivity contribution is 5.82. The van der Waals surface area contributed by atoms with E-state index in [1.165, 1.54) is 5.56 Å². The molecule has 0 radical (unpaired) electrons. The minimum Gasteiger partial charge on any atom is -0.302 e. The van der Waals surface area contributed by atoms with Crippen molar-refractivity contribution in [2.75, 3.05) is 13.6 Å². The number of amides is 1. The summed E-state index contributed by atoms with van der Waals surface area (Å²) in [6.07, 6.45) is 0. The number of benzene rings is 1.